The van der Waals surface area contributed by atoms with Crippen molar-refractivity contribution in [3.63, 3.8) is 0 Å². The first-order chi connectivity index (χ1) is 12.8. The number of para-hydroxylation sites is 1. The van der Waals surface area contributed by atoms with Crippen LogP contribution in [0.3, 0.4) is 0 Å². The summed E-state index contributed by atoms with van der Waals surface area (Å²) in [4.78, 5) is 0. The molecule has 0 aliphatic carbocycles. The van der Waals surface area contributed by atoms with Gasteiger partial charge in [0.25, 0.3) is 0 Å². The van der Waals surface area contributed by atoms with Crippen LogP contribution in [-0.2, 0) is 0 Å². The Labute approximate surface area is 160 Å². The van der Waals surface area contributed by atoms with E-state index < -0.39 is 0 Å². The summed E-state index contributed by atoms with van der Waals surface area (Å²) in [6.45, 7) is 0. The number of benzene rings is 4. The normalized spacial score (nSPS) is 11.3. The number of hydrogen-bond acceptors (Lipinski definition) is 1. The van der Waals surface area contributed by atoms with Crippen LogP contribution in [0, 0.1) is 0 Å². The fourth-order valence-electron chi connectivity index (χ4n) is 3.43. The summed E-state index contributed by atoms with van der Waals surface area (Å²) in [5, 5.41) is 2.32. The van der Waals surface area contributed by atoms with Gasteiger partial charge in [-0.1, -0.05) is 70.5 Å². The van der Waals surface area contributed by atoms with Crippen LogP contribution in [0.1, 0.15) is 0 Å². The highest BCUT2D eigenvalue weighted by molar-refractivity contribution is 9.10. The molecule has 0 fully saturated rings. The van der Waals surface area contributed by atoms with E-state index in [0.29, 0.717) is 0 Å². The molecule has 0 spiro atoms. The third kappa shape index (κ3) is 2.63. The molecule has 26 heavy (non-hydrogen) atoms. The molecule has 1 heterocycles. The van der Waals surface area contributed by atoms with Crippen LogP contribution in [0.15, 0.2) is 99.9 Å². The lowest BCUT2D eigenvalue weighted by molar-refractivity contribution is 0.669. The molecule has 0 saturated heterocycles. The Kier molecular flexibility index (Phi) is 3.65. The lowest BCUT2D eigenvalue weighted by atomic mass is 9.98. The predicted molar refractivity (Wildman–Crippen MR) is 112 cm³/mol. The summed E-state index contributed by atoms with van der Waals surface area (Å²) in [7, 11) is 0. The molecule has 0 aliphatic heterocycles. The molecule has 1 nitrogen and oxygen atoms in total. The van der Waals surface area contributed by atoms with Crippen molar-refractivity contribution in [3.8, 4) is 22.3 Å². The number of furan rings is 1. The quantitative estimate of drug-likeness (QED) is 0.297. The van der Waals surface area contributed by atoms with E-state index >= 15 is 0 Å². The molecule has 124 valence electrons. The molecule has 0 bridgehead atoms. The van der Waals surface area contributed by atoms with Crippen LogP contribution < -0.4 is 0 Å². The van der Waals surface area contributed by atoms with Gasteiger partial charge in [-0.2, -0.15) is 0 Å². The number of hydrogen-bond donors (Lipinski definition) is 0. The lowest BCUT2D eigenvalue weighted by Gasteiger charge is -2.07. The van der Waals surface area contributed by atoms with Crippen molar-refractivity contribution < 1.29 is 4.42 Å². The number of rotatable bonds is 2. The fourth-order valence-corrected chi connectivity index (χ4v) is 3.69. The largest absolute Gasteiger partial charge is 0.456 e. The predicted octanol–water partition coefficient (Wildman–Crippen LogP) is 7.68. The molecular weight excluding hydrogens is 384 g/mol. The Morgan fingerprint density at radius 2 is 1.15 bits per heavy atom. The summed E-state index contributed by atoms with van der Waals surface area (Å²) in [5.74, 6) is 0. The average Bonchev–Trinajstić information content (AvgIpc) is 3.06. The third-order valence-electron chi connectivity index (χ3n) is 4.75. The Morgan fingerprint density at radius 1 is 0.500 bits per heavy atom. The molecule has 0 amide bonds. The van der Waals surface area contributed by atoms with Crippen LogP contribution >= 0.6 is 15.9 Å². The lowest BCUT2D eigenvalue weighted by Crippen LogP contribution is -1.81. The maximum Gasteiger partial charge on any atom is 0.135 e. The highest BCUT2D eigenvalue weighted by Gasteiger charge is 2.08. The summed E-state index contributed by atoms with van der Waals surface area (Å²) in [6.07, 6.45) is 0. The van der Waals surface area contributed by atoms with E-state index in [9.17, 15) is 0 Å². The molecule has 0 saturated carbocycles. The van der Waals surface area contributed by atoms with E-state index in [2.05, 4.69) is 94.8 Å². The molecule has 5 aromatic rings. The van der Waals surface area contributed by atoms with Crippen molar-refractivity contribution in [1.82, 2.24) is 0 Å². The van der Waals surface area contributed by atoms with Gasteiger partial charge in [-0.3, -0.25) is 0 Å². The molecular formula is C24H15BrO. The van der Waals surface area contributed by atoms with E-state index in [1.54, 1.807) is 0 Å². The minimum absolute atomic E-state index is 0.930. The Morgan fingerprint density at radius 3 is 2.00 bits per heavy atom. The Bertz CT molecular complexity index is 1230. The van der Waals surface area contributed by atoms with Crippen LogP contribution in [0.25, 0.3) is 44.2 Å². The standard InChI is InChI=1S/C24H15BrO/c25-20-11-8-16(9-12-20)17-4-3-5-18(14-17)19-10-13-24-22(15-19)21-6-1-2-7-23(21)26-24/h1-15H. The van der Waals surface area contributed by atoms with Gasteiger partial charge in [0.15, 0.2) is 0 Å². The molecule has 1 aromatic heterocycles. The minimum Gasteiger partial charge on any atom is -0.456 e. The van der Waals surface area contributed by atoms with Crippen molar-refractivity contribution in [1.29, 1.82) is 0 Å². The topological polar surface area (TPSA) is 13.1 Å². The fraction of sp³-hybridized carbons (Fsp3) is 0. The average molecular weight is 399 g/mol. The van der Waals surface area contributed by atoms with Gasteiger partial charge in [-0.25, -0.2) is 0 Å². The van der Waals surface area contributed by atoms with Gasteiger partial charge in [0.2, 0.25) is 0 Å². The zero-order valence-corrected chi connectivity index (χ0v) is 15.5. The van der Waals surface area contributed by atoms with E-state index in [0.717, 1.165) is 26.4 Å². The summed E-state index contributed by atoms with van der Waals surface area (Å²) in [6, 6.07) is 31.7. The molecule has 0 aliphatic rings. The van der Waals surface area contributed by atoms with Gasteiger partial charge in [-0.15, -0.1) is 0 Å². The van der Waals surface area contributed by atoms with Crippen LogP contribution in [0.2, 0.25) is 0 Å². The van der Waals surface area contributed by atoms with Gasteiger partial charge in [-0.05, 0) is 58.7 Å². The maximum absolute atomic E-state index is 5.94. The highest BCUT2D eigenvalue weighted by Crippen LogP contribution is 2.33. The summed E-state index contributed by atoms with van der Waals surface area (Å²) in [5.41, 5.74) is 6.69. The molecule has 0 unspecified atom stereocenters. The van der Waals surface area contributed by atoms with E-state index in [-0.39, 0.29) is 0 Å². The van der Waals surface area contributed by atoms with E-state index in [4.69, 9.17) is 4.42 Å². The second kappa shape index (κ2) is 6.15. The van der Waals surface area contributed by atoms with E-state index in [1.807, 2.05) is 12.1 Å². The van der Waals surface area contributed by atoms with Crippen molar-refractivity contribution in [3.05, 3.63) is 95.5 Å². The highest BCUT2D eigenvalue weighted by atomic mass is 79.9. The van der Waals surface area contributed by atoms with Gasteiger partial charge < -0.3 is 4.42 Å². The van der Waals surface area contributed by atoms with Gasteiger partial charge in [0.05, 0.1) is 0 Å². The zero-order chi connectivity index (χ0) is 17.5. The molecule has 0 radical (unpaired) electrons. The first-order valence-corrected chi connectivity index (χ1v) is 9.35. The first kappa shape index (κ1) is 15.4. The molecule has 4 aromatic carbocycles. The number of halogens is 1. The Hall–Kier alpha value is -2.84. The summed E-state index contributed by atoms with van der Waals surface area (Å²) < 4.78 is 7.04. The second-order valence-electron chi connectivity index (χ2n) is 6.40. The van der Waals surface area contributed by atoms with Crippen molar-refractivity contribution in [2.75, 3.05) is 0 Å². The van der Waals surface area contributed by atoms with Crippen LogP contribution in [-0.4, -0.2) is 0 Å². The minimum atomic E-state index is 0.930. The van der Waals surface area contributed by atoms with Gasteiger partial charge in [0.1, 0.15) is 11.2 Å². The van der Waals surface area contributed by atoms with Crippen molar-refractivity contribution >= 4 is 37.9 Å². The third-order valence-corrected chi connectivity index (χ3v) is 5.28. The molecule has 0 N–H and O–H groups in total. The smallest absolute Gasteiger partial charge is 0.135 e. The van der Waals surface area contributed by atoms with Crippen molar-refractivity contribution in [2.24, 2.45) is 0 Å². The van der Waals surface area contributed by atoms with Crippen molar-refractivity contribution in [2.45, 2.75) is 0 Å². The maximum atomic E-state index is 5.94. The van der Waals surface area contributed by atoms with Gasteiger partial charge >= 0.3 is 0 Å². The monoisotopic (exact) mass is 398 g/mol. The zero-order valence-electron chi connectivity index (χ0n) is 13.9. The summed E-state index contributed by atoms with van der Waals surface area (Å²) >= 11 is 3.50. The molecule has 0 atom stereocenters. The van der Waals surface area contributed by atoms with Crippen LogP contribution in [0.4, 0.5) is 0 Å². The SMILES string of the molecule is Brc1ccc(-c2cccc(-c3ccc4oc5ccccc5c4c3)c2)cc1. The second-order valence-corrected chi connectivity index (χ2v) is 7.31. The number of fused-ring (bicyclic) bond motifs is 3. The van der Waals surface area contributed by atoms with E-state index in [1.165, 1.54) is 22.3 Å². The van der Waals surface area contributed by atoms with Gasteiger partial charge in [0, 0.05) is 15.2 Å². The molecule has 5 rings (SSSR count). The first-order valence-electron chi connectivity index (χ1n) is 8.56. The molecule has 2 heteroatoms. The van der Waals surface area contributed by atoms with Crippen LogP contribution in [0.5, 0.6) is 0 Å². The Balaban J connectivity index is 1.64.